The van der Waals surface area contributed by atoms with Gasteiger partial charge in [0.15, 0.2) is 0 Å². The molecule has 0 N–H and O–H groups in total. The van der Waals surface area contributed by atoms with Gasteiger partial charge in [0.2, 0.25) is 0 Å². The third-order valence-corrected chi connectivity index (χ3v) is 3.96. The first-order chi connectivity index (χ1) is 5.91. The first-order valence-electron chi connectivity index (χ1n) is 4.36. The quantitative estimate of drug-likeness (QED) is 0.648. The minimum Gasteiger partial charge on any atom is -0.305 e. The lowest BCUT2D eigenvalue weighted by molar-refractivity contribution is -0.115. The Morgan fingerprint density at radius 3 is 2.23 bits per heavy atom. The van der Waals surface area contributed by atoms with Gasteiger partial charge in [-0.1, -0.05) is 0 Å². The van der Waals surface area contributed by atoms with Gasteiger partial charge in [-0.3, -0.25) is 9.36 Å². The Morgan fingerprint density at radius 1 is 1.38 bits per heavy atom. The zero-order valence-electron chi connectivity index (χ0n) is 8.15. The number of hydrogen-bond acceptors (Lipinski definition) is 4. The molecule has 1 aliphatic heterocycles. The highest BCUT2D eigenvalue weighted by Crippen LogP contribution is 2.54. The minimum atomic E-state index is -3.13. The maximum absolute atomic E-state index is 11.8. The smallest absolute Gasteiger partial charge is 0.305 e. The number of rotatable bonds is 2. The van der Waals surface area contributed by atoms with E-state index in [0.29, 0.717) is 0 Å². The molecule has 1 saturated heterocycles. The molecule has 0 aromatic rings. The summed E-state index contributed by atoms with van der Waals surface area (Å²) < 4.78 is 22.1. The Labute approximate surface area is 78.1 Å². The van der Waals surface area contributed by atoms with Crippen LogP contribution >= 0.6 is 7.60 Å². The van der Waals surface area contributed by atoms with Crippen LogP contribution in [0.3, 0.4) is 0 Å². The monoisotopic (exact) mass is 206 g/mol. The molecule has 5 heteroatoms. The lowest BCUT2D eigenvalue weighted by atomic mass is 10.2. The summed E-state index contributed by atoms with van der Waals surface area (Å²) in [5.74, 6) is -0.162. The van der Waals surface area contributed by atoms with E-state index in [1.165, 1.54) is 6.92 Å². The Kier molecular flexibility index (Phi) is 3.28. The molecule has 76 valence electrons. The number of ketones is 1. The van der Waals surface area contributed by atoms with Crippen molar-refractivity contribution in [1.82, 2.24) is 0 Å². The van der Waals surface area contributed by atoms with E-state index in [2.05, 4.69) is 0 Å². The third kappa shape index (κ3) is 3.22. The fourth-order valence-corrected chi connectivity index (χ4v) is 3.49. The van der Waals surface area contributed by atoms with Gasteiger partial charge in [0, 0.05) is 6.42 Å². The van der Waals surface area contributed by atoms with Crippen molar-refractivity contribution in [2.75, 3.05) is 6.16 Å². The Balaban J connectivity index is 2.67. The van der Waals surface area contributed by atoms with Gasteiger partial charge in [0.1, 0.15) is 11.9 Å². The molecule has 0 bridgehead atoms. The SMILES string of the molecule is CC(=O)CP1(=O)O[C@@H](C)C[C@H](C)O1. The molecule has 13 heavy (non-hydrogen) atoms. The van der Waals surface area contributed by atoms with Crippen LogP contribution in [0.2, 0.25) is 0 Å². The lowest BCUT2D eigenvalue weighted by Crippen LogP contribution is -2.26. The third-order valence-electron chi connectivity index (χ3n) is 1.76. The van der Waals surface area contributed by atoms with Crippen LogP contribution < -0.4 is 0 Å². The van der Waals surface area contributed by atoms with Crippen LogP contribution in [0, 0.1) is 0 Å². The second kappa shape index (κ2) is 3.91. The second-order valence-corrected chi connectivity index (χ2v) is 5.50. The van der Waals surface area contributed by atoms with E-state index < -0.39 is 7.60 Å². The molecule has 4 nitrogen and oxygen atoms in total. The van der Waals surface area contributed by atoms with Gasteiger partial charge in [0.25, 0.3) is 0 Å². The maximum Gasteiger partial charge on any atom is 0.338 e. The molecular formula is C8H15O4P. The van der Waals surface area contributed by atoms with Crippen LogP contribution in [0.15, 0.2) is 0 Å². The molecule has 0 aromatic carbocycles. The molecule has 0 saturated carbocycles. The average Bonchev–Trinajstić information content (AvgIpc) is 1.77. The molecule has 1 rings (SSSR count). The van der Waals surface area contributed by atoms with Crippen molar-refractivity contribution in [1.29, 1.82) is 0 Å². The summed E-state index contributed by atoms with van der Waals surface area (Å²) in [5.41, 5.74) is 0. The van der Waals surface area contributed by atoms with E-state index in [-0.39, 0.29) is 24.2 Å². The molecular weight excluding hydrogens is 191 g/mol. The van der Waals surface area contributed by atoms with Gasteiger partial charge in [-0.2, -0.15) is 0 Å². The van der Waals surface area contributed by atoms with E-state index in [9.17, 15) is 9.36 Å². The Hall–Kier alpha value is -0.180. The van der Waals surface area contributed by atoms with Crippen molar-refractivity contribution in [2.45, 2.75) is 39.4 Å². The first-order valence-corrected chi connectivity index (χ1v) is 6.09. The number of hydrogen-bond donors (Lipinski definition) is 0. The number of Topliss-reactive ketones (excluding diaryl/α,β-unsaturated/α-hetero) is 1. The van der Waals surface area contributed by atoms with Crippen molar-refractivity contribution >= 4 is 13.4 Å². The first kappa shape index (κ1) is 10.9. The van der Waals surface area contributed by atoms with Crippen molar-refractivity contribution in [3.05, 3.63) is 0 Å². The van der Waals surface area contributed by atoms with E-state index in [4.69, 9.17) is 9.05 Å². The standard InChI is InChI=1S/C8H15O4P/c1-6(9)5-13(10)11-7(2)4-8(3)12-13/h7-8H,4-5H2,1-3H3/t7-,8-/m0/s1. The van der Waals surface area contributed by atoms with E-state index in [1.54, 1.807) is 0 Å². The van der Waals surface area contributed by atoms with Crippen LogP contribution in [0.5, 0.6) is 0 Å². The summed E-state index contributed by atoms with van der Waals surface area (Å²) in [5, 5.41) is 0. The van der Waals surface area contributed by atoms with Crippen LogP contribution in [0.1, 0.15) is 27.2 Å². The fraction of sp³-hybridized carbons (Fsp3) is 0.875. The van der Waals surface area contributed by atoms with Gasteiger partial charge in [0.05, 0.1) is 12.2 Å². The predicted octanol–water partition coefficient (Wildman–Crippen LogP) is 1.98. The van der Waals surface area contributed by atoms with Crippen molar-refractivity contribution in [2.24, 2.45) is 0 Å². The molecule has 1 fully saturated rings. The molecule has 1 heterocycles. The highest BCUT2D eigenvalue weighted by molar-refractivity contribution is 7.55. The average molecular weight is 206 g/mol. The van der Waals surface area contributed by atoms with Gasteiger partial charge >= 0.3 is 7.60 Å². The summed E-state index contributed by atoms with van der Waals surface area (Å²) in [4.78, 5) is 10.8. The van der Waals surface area contributed by atoms with Crippen molar-refractivity contribution in [3.63, 3.8) is 0 Å². The van der Waals surface area contributed by atoms with Crippen LogP contribution in [0.25, 0.3) is 0 Å². The highest BCUT2D eigenvalue weighted by Gasteiger charge is 2.36. The van der Waals surface area contributed by atoms with Crippen LogP contribution in [0.4, 0.5) is 0 Å². The normalized spacial score (nSPS) is 40.2. The number of carbonyl (C=O) groups is 1. The van der Waals surface area contributed by atoms with Crippen molar-refractivity contribution in [3.8, 4) is 0 Å². The molecule has 0 aromatic heterocycles. The Bertz CT molecular complexity index is 237. The van der Waals surface area contributed by atoms with E-state index in [0.717, 1.165) is 6.42 Å². The number of carbonyl (C=O) groups excluding carboxylic acids is 1. The predicted molar refractivity (Wildman–Crippen MR) is 48.9 cm³/mol. The second-order valence-electron chi connectivity index (χ2n) is 3.54. The Morgan fingerprint density at radius 2 is 1.85 bits per heavy atom. The van der Waals surface area contributed by atoms with Gasteiger partial charge in [-0.25, -0.2) is 0 Å². The maximum atomic E-state index is 11.8. The fourth-order valence-electron chi connectivity index (χ4n) is 1.47. The minimum absolute atomic E-state index is 0.0890. The van der Waals surface area contributed by atoms with Crippen molar-refractivity contribution < 1.29 is 18.4 Å². The molecule has 2 atom stereocenters. The lowest BCUT2D eigenvalue weighted by Gasteiger charge is -2.31. The zero-order chi connectivity index (χ0) is 10.1. The summed E-state index contributed by atoms with van der Waals surface area (Å²) in [6.07, 6.45) is 0.437. The molecule has 0 radical (unpaired) electrons. The molecule has 0 unspecified atom stereocenters. The molecule has 1 aliphatic rings. The summed E-state index contributed by atoms with van der Waals surface area (Å²) in [6.45, 7) is 5.06. The van der Waals surface area contributed by atoms with Gasteiger partial charge < -0.3 is 9.05 Å². The highest BCUT2D eigenvalue weighted by atomic mass is 31.2. The van der Waals surface area contributed by atoms with E-state index in [1.807, 2.05) is 13.8 Å². The molecule has 0 spiro atoms. The summed E-state index contributed by atoms with van der Waals surface area (Å²) >= 11 is 0. The zero-order valence-corrected chi connectivity index (χ0v) is 9.04. The van der Waals surface area contributed by atoms with Crippen LogP contribution in [-0.2, 0) is 18.4 Å². The van der Waals surface area contributed by atoms with Crippen LogP contribution in [-0.4, -0.2) is 24.2 Å². The van der Waals surface area contributed by atoms with Gasteiger partial charge in [-0.05, 0) is 20.8 Å². The van der Waals surface area contributed by atoms with Gasteiger partial charge in [-0.15, -0.1) is 0 Å². The molecule has 0 aliphatic carbocycles. The topological polar surface area (TPSA) is 52.6 Å². The summed E-state index contributed by atoms with van der Waals surface area (Å²) in [6, 6.07) is 0. The van der Waals surface area contributed by atoms with E-state index >= 15 is 0 Å². The molecule has 0 amide bonds. The summed E-state index contributed by atoms with van der Waals surface area (Å²) in [7, 11) is -3.13. The largest absolute Gasteiger partial charge is 0.338 e.